The number of hydrogen-bond acceptors (Lipinski definition) is 5. The first-order chi connectivity index (χ1) is 17.2. The van der Waals surface area contributed by atoms with Crippen LogP contribution in [0.3, 0.4) is 0 Å². The lowest BCUT2D eigenvalue weighted by atomic mass is 10.1. The third-order valence-electron chi connectivity index (χ3n) is 6.29. The van der Waals surface area contributed by atoms with E-state index >= 15 is 0 Å². The molecule has 0 bridgehead atoms. The van der Waals surface area contributed by atoms with Crippen molar-refractivity contribution in [1.82, 2.24) is 0 Å². The van der Waals surface area contributed by atoms with E-state index < -0.39 is 13.9 Å². The highest BCUT2D eigenvalue weighted by atomic mass is 28.4. The number of hydrogen-bond donors (Lipinski definition) is 0. The summed E-state index contributed by atoms with van der Waals surface area (Å²) in [6.45, 7) is 19.0. The number of ether oxygens (including phenoxy) is 3. The first-order valence-electron chi connectivity index (χ1n) is 12.9. The van der Waals surface area contributed by atoms with Crippen molar-refractivity contribution in [2.24, 2.45) is 0 Å². The predicted molar refractivity (Wildman–Crippen MR) is 156 cm³/mol. The highest BCUT2D eigenvalue weighted by molar-refractivity contribution is 6.74. The lowest BCUT2D eigenvalue weighted by Crippen LogP contribution is -2.41. The van der Waals surface area contributed by atoms with Gasteiger partial charge in [0.05, 0.1) is 19.8 Å². The molecule has 0 atom stereocenters. The Morgan fingerprint density at radius 3 is 1.84 bits per heavy atom. The van der Waals surface area contributed by atoms with Gasteiger partial charge in [-0.25, -0.2) is 4.79 Å². The largest absolute Gasteiger partial charge is 0.491 e. The molecular weight excluding hydrogens is 482 g/mol. The van der Waals surface area contributed by atoms with Crippen molar-refractivity contribution in [3.8, 4) is 5.75 Å². The van der Waals surface area contributed by atoms with Crippen LogP contribution in [-0.4, -0.2) is 53.5 Å². The van der Waals surface area contributed by atoms with Crippen LogP contribution in [-0.2, 0) is 13.9 Å². The van der Waals surface area contributed by atoms with Gasteiger partial charge in [0.2, 0.25) is 0 Å². The highest BCUT2D eigenvalue weighted by Crippen LogP contribution is 2.36. The molecule has 0 aromatic heterocycles. The third-order valence-corrected chi connectivity index (χ3v) is 10.8. The number of carbonyl (C=O) groups is 1. The molecule has 0 heterocycles. The van der Waals surface area contributed by atoms with E-state index in [1.165, 1.54) is 4.90 Å². The smallest absolute Gasteiger partial charge is 0.414 e. The molecule has 6 nitrogen and oxygen atoms in total. The molecule has 204 valence electrons. The summed E-state index contributed by atoms with van der Waals surface area (Å²) in [6, 6.07) is 15.7. The van der Waals surface area contributed by atoms with Crippen molar-refractivity contribution in [3.05, 3.63) is 59.7 Å². The van der Waals surface area contributed by atoms with Crippen molar-refractivity contribution in [3.63, 3.8) is 0 Å². The Labute approximate surface area is 224 Å². The topological polar surface area (TPSA) is 57.2 Å². The molecule has 0 saturated carbocycles. The number of nitrogens with zero attached hydrogens (tertiary/aromatic N) is 1. The van der Waals surface area contributed by atoms with Crippen molar-refractivity contribution in [2.75, 3.05) is 38.4 Å². The average Bonchev–Trinajstić information content (AvgIpc) is 2.81. The van der Waals surface area contributed by atoms with Crippen LogP contribution in [0, 0.1) is 0 Å². The fourth-order valence-corrected chi connectivity index (χ4v) is 4.03. The fraction of sp³-hybridized carbons (Fsp3) is 0.500. The van der Waals surface area contributed by atoms with Crippen LogP contribution in [0.25, 0.3) is 12.2 Å². The second kappa shape index (κ2) is 13.3. The molecule has 2 aromatic rings. The standard InChI is InChI=1S/C30H45NO5Si/c1-29(2,3)36-28(32)31(7)26-16-12-24(13-17-26)10-11-25-14-18-27(19-15-25)34-22-20-33-21-23-35-37(8,9)30(4,5)6/h10-19H,20-23H2,1-9H3/b11-10+. The molecule has 2 aromatic carbocycles. The Bertz CT molecular complexity index is 1000. The van der Waals surface area contributed by atoms with Crippen molar-refractivity contribution >= 4 is 32.3 Å². The van der Waals surface area contributed by atoms with Crippen LogP contribution in [0.1, 0.15) is 52.7 Å². The van der Waals surface area contributed by atoms with Crippen LogP contribution >= 0.6 is 0 Å². The number of benzene rings is 2. The third kappa shape index (κ3) is 10.7. The van der Waals surface area contributed by atoms with Crippen LogP contribution < -0.4 is 9.64 Å². The summed E-state index contributed by atoms with van der Waals surface area (Å²) in [5.41, 5.74) is 2.36. The molecule has 0 N–H and O–H groups in total. The Balaban J connectivity index is 1.74. The first-order valence-corrected chi connectivity index (χ1v) is 15.8. The Hall–Kier alpha value is -2.61. The predicted octanol–water partition coefficient (Wildman–Crippen LogP) is 7.65. The maximum atomic E-state index is 12.2. The van der Waals surface area contributed by atoms with Crippen LogP contribution in [0.15, 0.2) is 48.5 Å². The van der Waals surface area contributed by atoms with E-state index in [2.05, 4.69) is 33.9 Å². The fourth-order valence-electron chi connectivity index (χ4n) is 3.01. The maximum absolute atomic E-state index is 12.2. The molecule has 0 spiro atoms. The summed E-state index contributed by atoms with van der Waals surface area (Å²) in [7, 11) is -0.00680. The minimum absolute atomic E-state index is 0.211. The van der Waals surface area contributed by atoms with E-state index in [1.807, 2.05) is 81.5 Å². The van der Waals surface area contributed by atoms with E-state index in [1.54, 1.807) is 7.05 Å². The Kier molecular flexibility index (Phi) is 11.0. The number of amides is 1. The maximum Gasteiger partial charge on any atom is 0.414 e. The van der Waals surface area contributed by atoms with Gasteiger partial charge in [0.15, 0.2) is 8.32 Å². The first kappa shape index (κ1) is 30.6. The van der Waals surface area contributed by atoms with Crippen molar-refractivity contribution < 1.29 is 23.4 Å². The summed E-state index contributed by atoms with van der Waals surface area (Å²) in [6.07, 6.45) is 3.70. The van der Waals surface area contributed by atoms with Gasteiger partial charge in [0, 0.05) is 12.7 Å². The number of rotatable bonds is 11. The van der Waals surface area contributed by atoms with Crippen molar-refractivity contribution in [1.29, 1.82) is 0 Å². The van der Waals surface area contributed by atoms with Crippen LogP contribution in [0.5, 0.6) is 5.75 Å². The molecule has 0 aliphatic carbocycles. The lowest BCUT2D eigenvalue weighted by Gasteiger charge is -2.36. The van der Waals surface area contributed by atoms with Gasteiger partial charge in [0.25, 0.3) is 0 Å². The quantitative estimate of drug-likeness (QED) is 0.171. The minimum Gasteiger partial charge on any atom is -0.491 e. The minimum atomic E-state index is -1.71. The molecule has 1 amide bonds. The monoisotopic (exact) mass is 527 g/mol. The lowest BCUT2D eigenvalue weighted by molar-refractivity contribution is 0.0589. The molecular formula is C30H45NO5Si. The van der Waals surface area contributed by atoms with Gasteiger partial charge in [-0.2, -0.15) is 0 Å². The second-order valence-corrected chi connectivity index (χ2v) is 16.4. The summed E-state index contributed by atoms with van der Waals surface area (Å²) in [5, 5.41) is 0.211. The summed E-state index contributed by atoms with van der Waals surface area (Å²) < 4.78 is 23.0. The van der Waals surface area contributed by atoms with Crippen LogP contribution in [0.4, 0.5) is 10.5 Å². The molecule has 0 fully saturated rings. The zero-order valence-corrected chi connectivity index (χ0v) is 25.1. The summed E-state index contributed by atoms with van der Waals surface area (Å²) in [5.74, 6) is 0.813. The molecule has 37 heavy (non-hydrogen) atoms. The van der Waals surface area contributed by atoms with Crippen molar-refractivity contribution in [2.45, 2.75) is 65.3 Å². The Morgan fingerprint density at radius 2 is 1.32 bits per heavy atom. The zero-order chi connectivity index (χ0) is 27.7. The highest BCUT2D eigenvalue weighted by Gasteiger charge is 2.36. The van der Waals surface area contributed by atoms with Gasteiger partial charge in [-0.3, -0.25) is 4.90 Å². The SMILES string of the molecule is CN(C(=O)OC(C)(C)C)c1ccc(/C=C/c2ccc(OCCOCCO[Si](C)(C)C(C)(C)C)cc2)cc1. The van der Waals surface area contributed by atoms with Gasteiger partial charge < -0.3 is 18.6 Å². The van der Waals surface area contributed by atoms with E-state index in [4.69, 9.17) is 18.6 Å². The molecule has 0 aliphatic heterocycles. The molecule has 0 aliphatic rings. The van der Waals surface area contributed by atoms with E-state index in [9.17, 15) is 4.79 Å². The number of anilines is 1. The van der Waals surface area contributed by atoms with E-state index in [0.29, 0.717) is 26.4 Å². The molecule has 0 unspecified atom stereocenters. The van der Waals surface area contributed by atoms with Gasteiger partial charge >= 0.3 is 6.09 Å². The molecule has 0 radical (unpaired) electrons. The van der Waals surface area contributed by atoms with Gasteiger partial charge in [-0.15, -0.1) is 0 Å². The van der Waals surface area contributed by atoms with Gasteiger partial charge in [-0.05, 0) is 74.3 Å². The van der Waals surface area contributed by atoms with Gasteiger partial charge in [-0.1, -0.05) is 57.2 Å². The van der Waals surface area contributed by atoms with E-state index in [0.717, 1.165) is 22.6 Å². The molecule has 2 rings (SSSR count). The van der Waals surface area contributed by atoms with Gasteiger partial charge in [0.1, 0.15) is 18.0 Å². The Morgan fingerprint density at radius 1 is 0.811 bits per heavy atom. The molecule has 0 saturated heterocycles. The summed E-state index contributed by atoms with van der Waals surface area (Å²) in [4.78, 5) is 13.7. The average molecular weight is 528 g/mol. The number of carbonyl (C=O) groups excluding carboxylic acids is 1. The summed E-state index contributed by atoms with van der Waals surface area (Å²) >= 11 is 0. The molecule has 7 heteroatoms. The normalized spacial score (nSPS) is 12.6. The van der Waals surface area contributed by atoms with E-state index in [-0.39, 0.29) is 11.1 Å². The van der Waals surface area contributed by atoms with Crippen LogP contribution in [0.2, 0.25) is 18.1 Å². The second-order valence-electron chi connectivity index (χ2n) is 11.6. The zero-order valence-electron chi connectivity index (χ0n) is 24.1.